The Morgan fingerprint density at radius 2 is 2.15 bits per heavy atom. The van der Waals surface area contributed by atoms with E-state index in [2.05, 4.69) is 50.8 Å². The molecule has 0 bridgehead atoms. The minimum atomic E-state index is 0.153. The van der Waals surface area contributed by atoms with E-state index in [4.69, 9.17) is 9.72 Å². The van der Waals surface area contributed by atoms with Crippen LogP contribution in [0, 0.1) is 5.41 Å². The quantitative estimate of drug-likeness (QED) is 0.804. The highest BCUT2D eigenvalue weighted by atomic mass is 16.5. The molecular weight excluding hydrogens is 246 g/mol. The molecule has 1 aromatic heterocycles. The average Bonchev–Trinajstić information content (AvgIpc) is 2.45. The lowest BCUT2D eigenvalue weighted by Crippen LogP contribution is -2.34. The summed E-state index contributed by atoms with van der Waals surface area (Å²) in [6, 6.07) is 10.6. The number of hydrogen-bond acceptors (Lipinski definition) is 2. The standard InChI is InChI=1S/C18H21NO/c1-4-13-5-7-16-14(11-13)6-8-17(19-16)15-9-10-20-12-18(15,2)3/h4-8,11,15H,1,9-10,12H2,2-3H3/t15-/m1/s1. The van der Waals surface area contributed by atoms with Gasteiger partial charge in [-0.05, 0) is 35.6 Å². The van der Waals surface area contributed by atoms with Gasteiger partial charge in [-0.15, -0.1) is 0 Å². The predicted molar refractivity (Wildman–Crippen MR) is 83.8 cm³/mol. The van der Waals surface area contributed by atoms with Crippen molar-refractivity contribution in [3.05, 3.63) is 48.2 Å². The molecule has 2 heterocycles. The van der Waals surface area contributed by atoms with Crippen molar-refractivity contribution in [2.75, 3.05) is 13.2 Å². The van der Waals surface area contributed by atoms with Gasteiger partial charge in [0.2, 0.25) is 0 Å². The van der Waals surface area contributed by atoms with Crippen LogP contribution in [0.25, 0.3) is 17.0 Å². The van der Waals surface area contributed by atoms with Crippen molar-refractivity contribution >= 4 is 17.0 Å². The van der Waals surface area contributed by atoms with Crippen LogP contribution in [0.3, 0.4) is 0 Å². The molecule has 1 fully saturated rings. The number of ether oxygens (including phenoxy) is 1. The van der Waals surface area contributed by atoms with E-state index in [9.17, 15) is 0 Å². The average molecular weight is 267 g/mol. The second-order valence-corrected chi connectivity index (χ2v) is 6.27. The summed E-state index contributed by atoms with van der Waals surface area (Å²) in [6.07, 6.45) is 2.92. The number of rotatable bonds is 2. The van der Waals surface area contributed by atoms with Crippen LogP contribution in [-0.2, 0) is 4.74 Å². The Balaban J connectivity index is 2.02. The van der Waals surface area contributed by atoms with Crippen molar-refractivity contribution < 1.29 is 4.74 Å². The molecule has 20 heavy (non-hydrogen) atoms. The highest BCUT2D eigenvalue weighted by Crippen LogP contribution is 2.40. The van der Waals surface area contributed by atoms with E-state index in [0.29, 0.717) is 5.92 Å². The summed E-state index contributed by atoms with van der Waals surface area (Å²) < 4.78 is 5.62. The van der Waals surface area contributed by atoms with Crippen LogP contribution in [0.1, 0.15) is 37.4 Å². The van der Waals surface area contributed by atoms with Crippen molar-refractivity contribution in [2.45, 2.75) is 26.2 Å². The van der Waals surface area contributed by atoms with Crippen LogP contribution in [0.5, 0.6) is 0 Å². The van der Waals surface area contributed by atoms with Gasteiger partial charge in [0.1, 0.15) is 0 Å². The molecule has 2 heteroatoms. The van der Waals surface area contributed by atoms with Gasteiger partial charge in [-0.3, -0.25) is 4.98 Å². The molecule has 0 unspecified atom stereocenters. The minimum absolute atomic E-state index is 0.153. The van der Waals surface area contributed by atoms with Gasteiger partial charge >= 0.3 is 0 Å². The van der Waals surface area contributed by atoms with Gasteiger partial charge < -0.3 is 4.74 Å². The lowest BCUT2D eigenvalue weighted by molar-refractivity contribution is -0.00552. The zero-order chi connectivity index (χ0) is 14.2. The van der Waals surface area contributed by atoms with E-state index in [-0.39, 0.29) is 5.41 Å². The molecule has 2 nitrogen and oxygen atoms in total. The third-order valence-electron chi connectivity index (χ3n) is 4.30. The van der Waals surface area contributed by atoms with Gasteiger partial charge in [0.05, 0.1) is 12.1 Å². The fourth-order valence-corrected chi connectivity index (χ4v) is 3.06. The maximum atomic E-state index is 5.62. The van der Waals surface area contributed by atoms with Crippen molar-refractivity contribution in [3.8, 4) is 0 Å². The molecule has 0 spiro atoms. The topological polar surface area (TPSA) is 22.1 Å². The number of fused-ring (bicyclic) bond motifs is 1. The van der Waals surface area contributed by atoms with Crippen molar-refractivity contribution in [3.63, 3.8) is 0 Å². The zero-order valence-corrected chi connectivity index (χ0v) is 12.2. The van der Waals surface area contributed by atoms with Crippen LogP contribution in [-0.4, -0.2) is 18.2 Å². The number of nitrogens with zero attached hydrogens (tertiary/aromatic N) is 1. The van der Waals surface area contributed by atoms with Gasteiger partial charge in [0.25, 0.3) is 0 Å². The molecule has 1 aliphatic rings. The van der Waals surface area contributed by atoms with Crippen LogP contribution in [0.15, 0.2) is 36.9 Å². The van der Waals surface area contributed by atoms with Crippen molar-refractivity contribution in [1.29, 1.82) is 0 Å². The first-order valence-electron chi connectivity index (χ1n) is 7.21. The Bertz CT molecular complexity index is 645. The molecule has 1 saturated heterocycles. The SMILES string of the molecule is C=Cc1ccc2nc([C@H]3CCOCC3(C)C)ccc2c1. The Morgan fingerprint density at radius 1 is 1.30 bits per heavy atom. The van der Waals surface area contributed by atoms with Crippen molar-refractivity contribution in [2.24, 2.45) is 5.41 Å². The van der Waals surface area contributed by atoms with Crippen LogP contribution >= 0.6 is 0 Å². The summed E-state index contributed by atoms with van der Waals surface area (Å²) in [5, 5.41) is 1.18. The van der Waals surface area contributed by atoms with E-state index >= 15 is 0 Å². The van der Waals surface area contributed by atoms with E-state index in [1.54, 1.807) is 0 Å². The Labute approximate surface area is 120 Å². The molecule has 1 aromatic carbocycles. The van der Waals surface area contributed by atoms with Crippen LogP contribution < -0.4 is 0 Å². The molecule has 104 valence electrons. The number of aromatic nitrogens is 1. The normalized spacial score (nSPS) is 21.8. The smallest absolute Gasteiger partial charge is 0.0705 e. The van der Waals surface area contributed by atoms with Gasteiger partial charge in [0.15, 0.2) is 0 Å². The van der Waals surface area contributed by atoms with E-state index < -0.39 is 0 Å². The summed E-state index contributed by atoms with van der Waals surface area (Å²) in [4.78, 5) is 4.88. The second-order valence-electron chi connectivity index (χ2n) is 6.27. The molecule has 2 aromatic rings. The van der Waals surface area contributed by atoms with Gasteiger partial charge in [-0.25, -0.2) is 0 Å². The molecule has 0 N–H and O–H groups in total. The lowest BCUT2D eigenvalue weighted by atomic mass is 9.74. The summed E-state index contributed by atoms with van der Waals surface area (Å²) in [5.74, 6) is 0.472. The van der Waals surface area contributed by atoms with Crippen LogP contribution in [0.4, 0.5) is 0 Å². The molecule has 0 amide bonds. The maximum Gasteiger partial charge on any atom is 0.0705 e. The first-order valence-corrected chi connectivity index (χ1v) is 7.21. The van der Waals surface area contributed by atoms with E-state index in [1.807, 2.05) is 6.08 Å². The predicted octanol–water partition coefficient (Wildman–Crippen LogP) is 4.41. The highest BCUT2D eigenvalue weighted by molar-refractivity contribution is 5.81. The van der Waals surface area contributed by atoms with E-state index in [0.717, 1.165) is 30.7 Å². The third kappa shape index (κ3) is 2.36. The van der Waals surface area contributed by atoms with Crippen molar-refractivity contribution in [1.82, 2.24) is 4.98 Å². The molecule has 1 aliphatic heterocycles. The third-order valence-corrected chi connectivity index (χ3v) is 4.30. The Hall–Kier alpha value is -1.67. The van der Waals surface area contributed by atoms with Crippen LogP contribution in [0.2, 0.25) is 0 Å². The molecule has 0 radical (unpaired) electrons. The van der Waals surface area contributed by atoms with Gasteiger partial charge in [-0.2, -0.15) is 0 Å². The second kappa shape index (κ2) is 5.02. The number of benzene rings is 1. The Morgan fingerprint density at radius 3 is 2.90 bits per heavy atom. The number of pyridine rings is 1. The molecular formula is C18H21NO. The molecule has 1 atom stereocenters. The molecule has 0 saturated carbocycles. The first kappa shape index (κ1) is 13.3. The summed E-state index contributed by atoms with van der Waals surface area (Å²) in [6.45, 7) is 10.00. The number of hydrogen-bond donors (Lipinski definition) is 0. The largest absolute Gasteiger partial charge is 0.381 e. The lowest BCUT2D eigenvalue weighted by Gasteiger charge is -2.38. The molecule has 3 rings (SSSR count). The van der Waals surface area contributed by atoms with Gasteiger partial charge in [0, 0.05) is 23.6 Å². The minimum Gasteiger partial charge on any atom is -0.381 e. The fourth-order valence-electron chi connectivity index (χ4n) is 3.06. The fraction of sp³-hybridized carbons (Fsp3) is 0.389. The van der Waals surface area contributed by atoms with Gasteiger partial charge in [-0.1, -0.05) is 38.6 Å². The first-order chi connectivity index (χ1) is 9.60. The van der Waals surface area contributed by atoms with E-state index in [1.165, 1.54) is 11.1 Å². The monoisotopic (exact) mass is 267 g/mol. The zero-order valence-electron chi connectivity index (χ0n) is 12.2. The highest BCUT2D eigenvalue weighted by Gasteiger charge is 2.35. The molecule has 0 aliphatic carbocycles. The summed E-state index contributed by atoms with van der Waals surface area (Å²) in [5.41, 5.74) is 3.55. The summed E-state index contributed by atoms with van der Waals surface area (Å²) >= 11 is 0. The maximum absolute atomic E-state index is 5.62. The summed E-state index contributed by atoms with van der Waals surface area (Å²) in [7, 11) is 0. The Kier molecular flexibility index (Phi) is 3.35.